The molecule has 180 valence electrons. The molecule has 1 heterocycles. The Bertz CT molecular complexity index is 1310. The van der Waals surface area contributed by atoms with Gasteiger partial charge in [0.15, 0.2) is 15.1 Å². The molecule has 34 heavy (non-hydrogen) atoms. The summed E-state index contributed by atoms with van der Waals surface area (Å²) in [4.78, 5) is 29.3. The molecule has 11 heteroatoms. The fourth-order valence-electron chi connectivity index (χ4n) is 3.43. The van der Waals surface area contributed by atoms with Gasteiger partial charge in [-0.05, 0) is 30.5 Å². The standard InChI is InChI=1S/C23H24FN3O5S2/c1-32-9-10-34(30,31)21(22(29)25-13-20(28)26-15-7-8-15)23-27-18-11-16(14-5-3-2-4-6-14)17(24)12-19(18)33-23/h2-6,11-12,15,21H,7-10,13H2,1H3,(H,25,29)(H,26,28). The third-order valence-electron chi connectivity index (χ3n) is 5.34. The summed E-state index contributed by atoms with van der Waals surface area (Å²) in [5.74, 6) is -2.13. The number of aromatic nitrogens is 1. The number of nitrogens with zero attached hydrogens (tertiary/aromatic N) is 1. The van der Waals surface area contributed by atoms with Crippen molar-refractivity contribution in [3.8, 4) is 11.1 Å². The molecule has 2 aromatic carbocycles. The second-order valence-corrected chi connectivity index (χ2v) is 11.3. The van der Waals surface area contributed by atoms with Gasteiger partial charge in [-0.2, -0.15) is 0 Å². The third-order valence-corrected chi connectivity index (χ3v) is 8.46. The summed E-state index contributed by atoms with van der Waals surface area (Å²) in [5, 5.41) is 3.51. The van der Waals surface area contributed by atoms with Crippen LogP contribution >= 0.6 is 11.3 Å². The van der Waals surface area contributed by atoms with Crippen molar-refractivity contribution in [1.82, 2.24) is 15.6 Å². The van der Waals surface area contributed by atoms with E-state index in [1.165, 1.54) is 13.2 Å². The van der Waals surface area contributed by atoms with Gasteiger partial charge in [0.1, 0.15) is 10.8 Å². The van der Waals surface area contributed by atoms with Crippen LogP contribution in [0.15, 0.2) is 42.5 Å². The fourth-order valence-corrected chi connectivity index (χ4v) is 6.37. The number of ether oxygens (including phenoxy) is 1. The summed E-state index contributed by atoms with van der Waals surface area (Å²) in [6.45, 7) is -0.449. The van der Waals surface area contributed by atoms with Crippen molar-refractivity contribution < 1.29 is 27.1 Å². The number of rotatable bonds is 10. The Balaban J connectivity index is 1.66. The Morgan fingerprint density at radius 3 is 2.65 bits per heavy atom. The van der Waals surface area contributed by atoms with Crippen LogP contribution in [-0.4, -0.2) is 57.3 Å². The Morgan fingerprint density at radius 1 is 1.24 bits per heavy atom. The molecule has 0 aliphatic heterocycles. The Hall–Kier alpha value is -2.89. The average molecular weight is 506 g/mol. The van der Waals surface area contributed by atoms with Gasteiger partial charge in [-0.15, -0.1) is 11.3 Å². The molecule has 0 saturated heterocycles. The maximum atomic E-state index is 14.8. The number of hydrogen-bond donors (Lipinski definition) is 2. The first-order valence-corrected chi connectivity index (χ1v) is 13.2. The Morgan fingerprint density at radius 2 is 1.97 bits per heavy atom. The number of benzene rings is 2. The fraction of sp³-hybridized carbons (Fsp3) is 0.348. The lowest BCUT2D eigenvalue weighted by molar-refractivity contribution is -0.126. The Kier molecular flexibility index (Phi) is 7.24. The zero-order valence-corrected chi connectivity index (χ0v) is 20.0. The van der Waals surface area contributed by atoms with Crippen molar-refractivity contribution in [3.63, 3.8) is 0 Å². The first-order valence-electron chi connectivity index (χ1n) is 10.7. The zero-order chi connectivity index (χ0) is 24.3. The molecule has 3 aromatic rings. The predicted octanol–water partition coefficient (Wildman–Crippen LogP) is 2.60. The first-order chi connectivity index (χ1) is 16.3. The molecule has 0 bridgehead atoms. The molecular weight excluding hydrogens is 481 g/mol. The number of fused-ring (bicyclic) bond motifs is 1. The molecule has 1 unspecified atom stereocenters. The van der Waals surface area contributed by atoms with Gasteiger partial charge in [-0.1, -0.05) is 30.3 Å². The van der Waals surface area contributed by atoms with E-state index in [1.54, 1.807) is 30.3 Å². The molecule has 8 nitrogen and oxygen atoms in total. The van der Waals surface area contributed by atoms with E-state index >= 15 is 0 Å². The highest BCUT2D eigenvalue weighted by Gasteiger charge is 2.37. The Labute approximate surface area is 200 Å². The summed E-state index contributed by atoms with van der Waals surface area (Å²) in [6.07, 6.45) is 1.78. The van der Waals surface area contributed by atoms with E-state index in [4.69, 9.17) is 4.74 Å². The molecule has 1 saturated carbocycles. The highest BCUT2D eigenvalue weighted by atomic mass is 32.2. The number of sulfone groups is 1. The van der Waals surface area contributed by atoms with Crippen LogP contribution in [0.2, 0.25) is 0 Å². The lowest BCUT2D eigenvalue weighted by Gasteiger charge is -2.15. The third kappa shape index (κ3) is 5.60. The summed E-state index contributed by atoms with van der Waals surface area (Å²) >= 11 is 0.935. The van der Waals surface area contributed by atoms with Crippen molar-refractivity contribution in [3.05, 3.63) is 53.3 Å². The topological polar surface area (TPSA) is 114 Å². The van der Waals surface area contributed by atoms with Crippen LogP contribution in [0.25, 0.3) is 21.3 Å². The SMILES string of the molecule is COCCS(=O)(=O)C(C(=O)NCC(=O)NC1CC1)c1nc2cc(-c3ccccc3)c(F)cc2s1. The first kappa shape index (κ1) is 24.2. The molecule has 1 aromatic heterocycles. The molecule has 0 radical (unpaired) electrons. The lowest BCUT2D eigenvalue weighted by atomic mass is 10.1. The molecule has 2 amide bonds. The molecule has 1 fully saturated rings. The number of halogens is 1. The van der Waals surface area contributed by atoms with Crippen LogP contribution in [0.1, 0.15) is 23.1 Å². The molecule has 0 spiro atoms. The monoisotopic (exact) mass is 505 g/mol. The molecule has 1 aliphatic carbocycles. The van der Waals surface area contributed by atoms with E-state index < -0.39 is 32.6 Å². The van der Waals surface area contributed by atoms with Crippen LogP contribution in [-0.2, 0) is 24.2 Å². The minimum atomic E-state index is -4.03. The summed E-state index contributed by atoms with van der Waals surface area (Å²) in [5.41, 5.74) is 1.36. The average Bonchev–Trinajstić information content (AvgIpc) is 3.53. The molecule has 2 N–H and O–H groups in total. The van der Waals surface area contributed by atoms with Gasteiger partial charge < -0.3 is 15.4 Å². The van der Waals surface area contributed by atoms with Gasteiger partial charge in [0.05, 0.1) is 29.1 Å². The van der Waals surface area contributed by atoms with Crippen LogP contribution < -0.4 is 10.6 Å². The van der Waals surface area contributed by atoms with Crippen LogP contribution in [0, 0.1) is 5.82 Å². The minimum absolute atomic E-state index is 0.0100. The summed E-state index contributed by atoms with van der Waals surface area (Å²) in [7, 11) is -2.67. The van der Waals surface area contributed by atoms with Crippen LogP contribution in [0.3, 0.4) is 0 Å². The number of hydrogen-bond acceptors (Lipinski definition) is 7. The predicted molar refractivity (Wildman–Crippen MR) is 128 cm³/mol. The number of carbonyl (C=O) groups excluding carboxylic acids is 2. The van der Waals surface area contributed by atoms with Gasteiger partial charge in [-0.25, -0.2) is 17.8 Å². The lowest BCUT2D eigenvalue weighted by Crippen LogP contribution is -2.41. The van der Waals surface area contributed by atoms with Crippen molar-refractivity contribution in [2.24, 2.45) is 0 Å². The normalized spacial score (nSPS) is 14.6. The zero-order valence-electron chi connectivity index (χ0n) is 18.4. The summed E-state index contributed by atoms with van der Waals surface area (Å²) < 4.78 is 46.2. The van der Waals surface area contributed by atoms with Gasteiger partial charge >= 0.3 is 0 Å². The number of methoxy groups -OCH3 is 1. The van der Waals surface area contributed by atoms with E-state index in [2.05, 4.69) is 15.6 Å². The molecule has 1 atom stereocenters. The number of carbonyl (C=O) groups is 2. The minimum Gasteiger partial charge on any atom is -0.384 e. The van der Waals surface area contributed by atoms with Crippen LogP contribution in [0.5, 0.6) is 0 Å². The van der Waals surface area contributed by atoms with Crippen molar-refractivity contribution in [2.45, 2.75) is 24.1 Å². The van der Waals surface area contributed by atoms with Crippen molar-refractivity contribution >= 4 is 43.2 Å². The van der Waals surface area contributed by atoms with E-state index in [1.807, 2.05) is 6.07 Å². The highest BCUT2D eigenvalue weighted by molar-refractivity contribution is 7.92. The van der Waals surface area contributed by atoms with E-state index in [9.17, 15) is 22.4 Å². The molecule has 4 rings (SSSR count). The smallest absolute Gasteiger partial charge is 0.245 e. The van der Waals surface area contributed by atoms with Gasteiger partial charge in [0, 0.05) is 18.7 Å². The quantitative estimate of drug-likeness (QED) is 0.438. The number of amides is 2. The second kappa shape index (κ2) is 10.2. The second-order valence-electron chi connectivity index (χ2n) is 8.02. The van der Waals surface area contributed by atoms with E-state index in [0.717, 1.165) is 24.2 Å². The van der Waals surface area contributed by atoms with Gasteiger partial charge in [0.25, 0.3) is 0 Å². The maximum Gasteiger partial charge on any atom is 0.245 e. The van der Waals surface area contributed by atoms with Gasteiger partial charge in [0.2, 0.25) is 11.8 Å². The van der Waals surface area contributed by atoms with Crippen LogP contribution in [0.4, 0.5) is 4.39 Å². The number of nitrogens with one attached hydrogen (secondary N) is 2. The van der Waals surface area contributed by atoms with Gasteiger partial charge in [-0.3, -0.25) is 9.59 Å². The largest absolute Gasteiger partial charge is 0.384 e. The molecular formula is C23H24FN3O5S2. The van der Waals surface area contributed by atoms with Crippen molar-refractivity contribution in [1.29, 1.82) is 0 Å². The molecule has 1 aliphatic rings. The van der Waals surface area contributed by atoms with E-state index in [0.29, 0.717) is 21.3 Å². The maximum absolute atomic E-state index is 14.8. The summed E-state index contributed by atoms with van der Waals surface area (Å²) in [6, 6.07) is 11.9. The highest BCUT2D eigenvalue weighted by Crippen LogP contribution is 2.35. The van der Waals surface area contributed by atoms with E-state index in [-0.39, 0.29) is 30.1 Å². The van der Waals surface area contributed by atoms with Crippen molar-refractivity contribution in [2.75, 3.05) is 26.0 Å². The number of thiazole rings is 1.